The van der Waals surface area contributed by atoms with Crippen molar-refractivity contribution in [3.8, 4) is 0 Å². The number of hydrogen-bond donors (Lipinski definition) is 3. The van der Waals surface area contributed by atoms with Gasteiger partial charge < -0.3 is 44.4 Å². The lowest BCUT2D eigenvalue weighted by Gasteiger charge is -2.37. The number of nitrogens with one attached hydrogen (secondary N) is 3. The van der Waals surface area contributed by atoms with Gasteiger partial charge in [0.05, 0.1) is 17.4 Å². The van der Waals surface area contributed by atoms with Gasteiger partial charge in [0.2, 0.25) is 11.8 Å². The SMILES string of the molecule is C=C(NCCCCCCN1C(=O)[C@H](CCCCCCNC(=O)OCCOC)C(=O)N(CCCCCCNC(=O)OC(COC(=O)C(C)(C)CCCCCC)CN2CC2C)C1=O)OC(COC(=O)C(C)(C)CCCCCC)CN1CC1C. The highest BCUT2D eigenvalue weighted by molar-refractivity contribution is 6.16. The number of imide groups is 2. The van der Waals surface area contributed by atoms with Gasteiger partial charge in [0.1, 0.15) is 31.8 Å². The fourth-order valence-electron chi connectivity index (χ4n) is 9.90. The fraction of sp³-hybridized carbons (Fsp3) is 0.852. The Balaban J connectivity index is 1.46. The second-order valence-corrected chi connectivity index (χ2v) is 24.1. The molecule has 0 bridgehead atoms. The number of rotatable bonds is 48. The first-order valence-corrected chi connectivity index (χ1v) is 31.2. The third kappa shape index (κ3) is 28.9. The Labute approximate surface area is 486 Å². The summed E-state index contributed by atoms with van der Waals surface area (Å²) in [4.78, 5) is 99.5. The number of ether oxygens (including phenoxy) is 6. The molecule has 0 aromatic carbocycles. The average Bonchev–Trinajstić information content (AvgIpc) is 4.37. The van der Waals surface area contributed by atoms with E-state index in [1.165, 1.54) is 16.9 Å². The van der Waals surface area contributed by atoms with Crippen molar-refractivity contribution < 1.29 is 62.0 Å². The molecule has 3 rings (SSSR count). The number of unbranched alkanes of at least 4 members (excludes halogenated alkanes) is 15. The van der Waals surface area contributed by atoms with Crippen molar-refractivity contribution in [2.24, 2.45) is 16.7 Å². The first kappa shape index (κ1) is 70.6. The van der Waals surface area contributed by atoms with Gasteiger partial charge in [-0.3, -0.25) is 38.8 Å². The van der Waals surface area contributed by atoms with Crippen LogP contribution in [0.1, 0.15) is 203 Å². The second kappa shape index (κ2) is 39.0. The Hall–Kier alpha value is -4.69. The maximum atomic E-state index is 13.9. The van der Waals surface area contributed by atoms with Gasteiger partial charge in [-0.15, -0.1) is 0 Å². The molecule has 466 valence electrons. The molecule has 0 aliphatic carbocycles. The van der Waals surface area contributed by atoms with Crippen molar-refractivity contribution in [1.82, 2.24) is 35.6 Å². The third-order valence-electron chi connectivity index (χ3n) is 15.7. The number of esters is 2. The van der Waals surface area contributed by atoms with Gasteiger partial charge >= 0.3 is 30.2 Å². The predicted octanol–water partition coefficient (Wildman–Crippen LogP) is 9.87. The van der Waals surface area contributed by atoms with E-state index in [0.717, 1.165) is 116 Å². The van der Waals surface area contributed by atoms with Gasteiger partial charge in [0, 0.05) is 78.1 Å². The van der Waals surface area contributed by atoms with Gasteiger partial charge in [0.15, 0.2) is 12.0 Å². The molecular formula is C61H109N7O13. The summed E-state index contributed by atoms with van der Waals surface area (Å²) < 4.78 is 33.4. The van der Waals surface area contributed by atoms with Crippen LogP contribution in [-0.4, -0.2) is 178 Å². The molecule has 0 aromatic heterocycles. The Morgan fingerprint density at radius 1 is 0.556 bits per heavy atom. The maximum absolute atomic E-state index is 13.9. The molecule has 20 heteroatoms. The van der Waals surface area contributed by atoms with Crippen LogP contribution in [0.3, 0.4) is 0 Å². The van der Waals surface area contributed by atoms with Crippen LogP contribution in [0.15, 0.2) is 12.5 Å². The van der Waals surface area contributed by atoms with E-state index >= 15 is 0 Å². The van der Waals surface area contributed by atoms with E-state index in [9.17, 15) is 33.6 Å². The van der Waals surface area contributed by atoms with Crippen LogP contribution in [0.2, 0.25) is 0 Å². The number of amides is 6. The van der Waals surface area contributed by atoms with E-state index in [1.54, 1.807) is 0 Å². The lowest BCUT2D eigenvalue weighted by Crippen LogP contribution is -2.60. The normalized spacial score (nSPS) is 19.6. The molecule has 7 atom stereocenters. The highest BCUT2D eigenvalue weighted by Crippen LogP contribution is 2.29. The summed E-state index contributed by atoms with van der Waals surface area (Å²) in [6.45, 7) is 25.8. The molecule has 0 spiro atoms. The van der Waals surface area contributed by atoms with Crippen molar-refractivity contribution in [3.63, 3.8) is 0 Å². The quantitative estimate of drug-likeness (QED) is 0.0129. The van der Waals surface area contributed by atoms with Crippen molar-refractivity contribution in [2.75, 3.05) is 92.4 Å². The number of carbonyl (C=O) groups excluding carboxylic acids is 7. The molecule has 3 fully saturated rings. The largest absolute Gasteiger partial charge is 0.472 e. The minimum absolute atomic E-state index is 0.00861. The molecule has 20 nitrogen and oxygen atoms in total. The molecule has 6 unspecified atom stereocenters. The molecule has 6 amide bonds. The lowest BCUT2D eigenvalue weighted by molar-refractivity contribution is -0.158. The van der Waals surface area contributed by atoms with E-state index in [-0.39, 0.29) is 51.0 Å². The molecule has 3 aliphatic heterocycles. The zero-order valence-corrected chi connectivity index (χ0v) is 51.6. The van der Waals surface area contributed by atoms with Gasteiger partial charge in [-0.05, 0) is 99.5 Å². The smallest absolute Gasteiger partial charge is 0.407 e. The Bertz CT molecular complexity index is 1790. The van der Waals surface area contributed by atoms with Crippen LogP contribution in [-0.2, 0) is 47.6 Å². The minimum atomic E-state index is -0.953. The van der Waals surface area contributed by atoms with Gasteiger partial charge in [-0.1, -0.05) is 110 Å². The van der Waals surface area contributed by atoms with Crippen molar-refractivity contribution in [1.29, 1.82) is 0 Å². The summed E-state index contributed by atoms with van der Waals surface area (Å²) >= 11 is 0. The minimum Gasteiger partial charge on any atom is -0.472 e. The summed E-state index contributed by atoms with van der Waals surface area (Å²) in [7, 11) is 1.53. The van der Waals surface area contributed by atoms with Gasteiger partial charge in [0.25, 0.3) is 0 Å². The van der Waals surface area contributed by atoms with E-state index < -0.39 is 52.9 Å². The first-order valence-electron chi connectivity index (χ1n) is 31.2. The molecule has 0 saturated carbocycles. The lowest BCUT2D eigenvalue weighted by atomic mass is 9.87. The van der Waals surface area contributed by atoms with Crippen LogP contribution >= 0.6 is 0 Å². The van der Waals surface area contributed by atoms with Crippen LogP contribution in [0.4, 0.5) is 14.4 Å². The number of carbonyl (C=O) groups is 7. The van der Waals surface area contributed by atoms with Crippen molar-refractivity contribution in [3.05, 3.63) is 12.5 Å². The monoisotopic (exact) mass is 1150 g/mol. The zero-order chi connectivity index (χ0) is 59.6. The van der Waals surface area contributed by atoms with E-state index in [1.807, 2.05) is 27.7 Å². The second-order valence-electron chi connectivity index (χ2n) is 24.1. The Morgan fingerprint density at radius 3 is 1.43 bits per heavy atom. The molecular weight excluding hydrogens is 1040 g/mol. The van der Waals surface area contributed by atoms with Crippen LogP contribution in [0, 0.1) is 16.7 Å². The summed E-state index contributed by atoms with van der Waals surface area (Å²) in [5.41, 5.74) is -1.18. The first-order chi connectivity index (χ1) is 38.7. The molecule has 81 heavy (non-hydrogen) atoms. The standard InChI is InChI=1S/C61H109N7O13/c1-11-13-15-24-32-60(6,7)55(71)78-45-50(43-65-41-47(65)3)80-49(5)62-34-26-19-21-29-37-67-53(69)52(31-23-17-18-27-35-63-57(73)77-40-39-76-10)54(70)68(59(67)75)38-30-22-20-28-36-64-58(74)81-51(44-66-42-48(66)4)46-79-56(72)61(8,9)33-25-16-14-12-2/h47-48,50-52,62H,5,11-46H2,1-4,6-10H3,(H,63,73)(H,64,74)/t47?,48?,50?,51?,52-,65?,66?/m0/s1. The molecule has 3 aliphatic rings. The highest BCUT2D eigenvalue weighted by atomic mass is 16.6. The highest BCUT2D eigenvalue weighted by Gasteiger charge is 2.45. The van der Waals surface area contributed by atoms with Gasteiger partial charge in [-0.25, -0.2) is 14.4 Å². The summed E-state index contributed by atoms with van der Waals surface area (Å²) in [6.07, 6.45) is 16.9. The predicted molar refractivity (Wildman–Crippen MR) is 313 cm³/mol. The number of urea groups is 1. The van der Waals surface area contributed by atoms with Crippen LogP contribution in [0.25, 0.3) is 0 Å². The molecule has 0 radical (unpaired) electrons. The molecule has 0 aromatic rings. The van der Waals surface area contributed by atoms with Crippen molar-refractivity contribution in [2.45, 2.75) is 227 Å². The number of hydrogen-bond acceptors (Lipinski definition) is 16. The maximum Gasteiger partial charge on any atom is 0.407 e. The molecule has 3 saturated heterocycles. The molecule has 3 heterocycles. The topological polar surface area (TPSA) is 223 Å². The zero-order valence-electron chi connectivity index (χ0n) is 51.6. The van der Waals surface area contributed by atoms with Crippen LogP contribution in [0.5, 0.6) is 0 Å². The van der Waals surface area contributed by atoms with Gasteiger partial charge in [-0.2, -0.15) is 0 Å². The number of methoxy groups -OCH3 is 1. The van der Waals surface area contributed by atoms with E-state index in [4.69, 9.17) is 28.4 Å². The Kier molecular flexibility index (Phi) is 33.9. The Morgan fingerprint density at radius 2 is 0.975 bits per heavy atom. The van der Waals surface area contributed by atoms with E-state index in [0.29, 0.717) is 102 Å². The number of barbiturate groups is 1. The third-order valence-corrected chi connectivity index (χ3v) is 15.7. The number of nitrogens with zero attached hydrogens (tertiary/aromatic N) is 4. The fourth-order valence-corrected chi connectivity index (χ4v) is 9.90. The average molecular weight is 1150 g/mol. The molecule has 3 N–H and O–H groups in total. The van der Waals surface area contributed by atoms with Crippen LogP contribution < -0.4 is 16.0 Å². The van der Waals surface area contributed by atoms with Crippen molar-refractivity contribution >= 4 is 42.0 Å². The number of alkyl carbamates (subject to hydrolysis) is 2. The van der Waals surface area contributed by atoms with E-state index in [2.05, 4.69) is 60.0 Å². The summed E-state index contributed by atoms with van der Waals surface area (Å²) in [6, 6.07) is 0.270. The summed E-state index contributed by atoms with van der Waals surface area (Å²) in [5, 5.41) is 8.81. The summed E-state index contributed by atoms with van der Waals surface area (Å²) in [5.74, 6) is -1.95.